The van der Waals surface area contributed by atoms with Gasteiger partial charge < -0.3 is 14.7 Å². The lowest BCUT2D eigenvalue weighted by molar-refractivity contribution is 0.190. The van der Waals surface area contributed by atoms with Crippen molar-refractivity contribution >= 4 is 0 Å². The van der Waals surface area contributed by atoms with Crippen LogP contribution in [0.15, 0.2) is 4.52 Å². The topological polar surface area (TPSA) is 54.2 Å². The molecule has 0 aliphatic carbocycles. The van der Waals surface area contributed by atoms with E-state index in [0.29, 0.717) is 11.8 Å². The van der Waals surface area contributed by atoms with Crippen LogP contribution in [-0.4, -0.2) is 41.7 Å². The molecule has 2 rings (SSSR count). The molecule has 0 aromatic carbocycles. The second-order valence-electron chi connectivity index (χ2n) is 5.14. The van der Waals surface area contributed by atoms with Crippen LogP contribution in [0.3, 0.4) is 0 Å². The van der Waals surface area contributed by atoms with Crippen LogP contribution >= 0.6 is 0 Å². The Morgan fingerprint density at radius 2 is 2.17 bits per heavy atom. The lowest BCUT2D eigenvalue weighted by Gasteiger charge is -2.30. The fourth-order valence-corrected chi connectivity index (χ4v) is 2.41. The van der Waals surface area contributed by atoms with E-state index in [2.05, 4.69) is 27.3 Å². The summed E-state index contributed by atoms with van der Waals surface area (Å²) in [4.78, 5) is 6.96. The molecule has 1 fully saturated rings. The zero-order chi connectivity index (χ0) is 13.0. The Morgan fingerprint density at radius 1 is 1.44 bits per heavy atom. The third kappa shape index (κ3) is 3.29. The first kappa shape index (κ1) is 13.5. The number of likely N-dealkylation sites (tertiary alicyclic amines) is 1. The maximum absolute atomic E-state index is 5.27. The van der Waals surface area contributed by atoms with Crippen molar-refractivity contribution in [1.29, 1.82) is 0 Å². The summed E-state index contributed by atoms with van der Waals surface area (Å²) in [5.41, 5.74) is 0. The number of hydrogen-bond acceptors (Lipinski definition) is 5. The summed E-state index contributed by atoms with van der Waals surface area (Å²) in [5, 5.41) is 7.19. The Hall–Kier alpha value is -0.940. The first-order chi connectivity index (χ1) is 8.72. The predicted molar refractivity (Wildman–Crippen MR) is 70.3 cm³/mol. The third-order valence-corrected chi connectivity index (χ3v) is 3.91. The summed E-state index contributed by atoms with van der Waals surface area (Å²) in [6.45, 7) is 7.83. The quantitative estimate of drug-likeness (QED) is 0.863. The first-order valence-electron chi connectivity index (χ1n) is 6.95. The van der Waals surface area contributed by atoms with E-state index in [1.54, 1.807) is 0 Å². The highest BCUT2D eigenvalue weighted by Crippen LogP contribution is 2.21. The summed E-state index contributed by atoms with van der Waals surface area (Å²) in [7, 11) is 1.90. The maximum Gasteiger partial charge on any atom is 0.243 e. The molecule has 102 valence electrons. The van der Waals surface area contributed by atoms with Crippen LogP contribution in [0.5, 0.6) is 0 Å². The van der Waals surface area contributed by atoms with Gasteiger partial charge in [-0.1, -0.05) is 12.1 Å². The predicted octanol–water partition coefficient (Wildman–Crippen LogP) is 1.62. The van der Waals surface area contributed by atoms with Gasteiger partial charge in [-0.05, 0) is 52.4 Å². The molecule has 0 amide bonds. The number of nitrogens with zero attached hydrogens (tertiary/aromatic N) is 3. The molecular weight excluding hydrogens is 228 g/mol. The highest BCUT2D eigenvalue weighted by Gasteiger charge is 2.21. The second kappa shape index (κ2) is 6.29. The molecule has 1 aromatic heterocycles. The van der Waals surface area contributed by atoms with Crippen LogP contribution in [-0.2, 0) is 6.42 Å². The minimum atomic E-state index is 0.133. The number of rotatable bonds is 5. The van der Waals surface area contributed by atoms with Gasteiger partial charge in [-0.15, -0.1) is 0 Å². The van der Waals surface area contributed by atoms with Crippen LogP contribution in [0.1, 0.15) is 44.4 Å². The Balaban J connectivity index is 1.85. The second-order valence-corrected chi connectivity index (χ2v) is 5.14. The molecule has 1 aromatic rings. The van der Waals surface area contributed by atoms with Gasteiger partial charge in [0.25, 0.3) is 0 Å². The third-order valence-electron chi connectivity index (χ3n) is 3.91. The minimum absolute atomic E-state index is 0.133. The lowest BCUT2D eigenvalue weighted by Crippen LogP contribution is -2.34. The van der Waals surface area contributed by atoms with Crippen molar-refractivity contribution in [1.82, 2.24) is 20.4 Å². The molecule has 0 radical (unpaired) electrons. The van der Waals surface area contributed by atoms with E-state index >= 15 is 0 Å². The molecule has 1 aliphatic heterocycles. The maximum atomic E-state index is 5.27. The summed E-state index contributed by atoms with van der Waals surface area (Å²) in [6, 6.07) is 0.133. The smallest absolute Gasteiger partial charge is 0.243 e. The summed E-state index contributed by atoms with van der Waals surface area (Å²) in [5.74, 6) is 2.27. The fourth-order valence-electron chi connectivity index (χ4n) is 2.41. The highest BCUT2D eigenvalue weighted by atomic mass is 16.5. The van der Waals surface area contributed by atoms with Crippen LogP contribution in [0.25, 0.3) is 0 Å². The van der Waals surface area contributed by atoms with Crippen molar-refractivity contribution in [2.24, 2.45) is 5.92 Å². The Kier molecular flexibility index (Phi) is 4.72. The molecule has 18 heavy (non-hydrogen) atoms. The van der Waals surface area contributed by atoms with Crippen molar-refractivity contribution in [3.8, 4) is 0 Å². The largest absolute Gasteiger partial charge is 0.338 e. The van der Waals surface area contributed by atoms with E-state index in [-0.39, 0.29) is 6.04 Å². The van der Waals surface area contributed by atoms with Crippen molar-refractivity contribution in [3.05, 3.63) is 11.7 Å². The van der Waals surface area contributed by atoms with Gasteiger partial charge in [0, 0.05) is 6.42 Å². The molecule has 1 aliphatic rings. The van der Waals surface area contributed by atoms with Crippen molar-refractivity contribution < 1.29 is 4.52 Å². The molecule has 1 N–H and O–H groups in total. The molecule has 0 bridgehead atoms. The van der Waals surface area contributed by atoms with E-state index in [9.17, 15) is 0 Å². The summed E-state index contributed by atoms with van der Waals surface area (Å²) >= 11 is 0. The van der Waals surface area contributed by atoms with Gasteiger partial charge in [-0.2, -0.15) is 4.98 Å². The molecule has 1 unspecified atom stereocenters. The molecule has 1 saturated heterocycles. The molecular formula is C13H24N4O. The molecule has 0 saturated carbocycles. The van der Waals surface area contributed by atoms with Crippen LogP contribution in [0.4, 0.5) is 0 Å². The molecule has 0 spiro atoms. The van der Waals surface area contributed by atoms with Gasteiger partial charge in [-0.25, -0.2) is 0 Å². The SMILES string of the molecule is CCN1CCC(Cc2noc(C(C)NC)n2)CC1. The Bertz CT molecular complexity index is 358. The molecule has 2 heterocycles. The van der Waals surface area contributed by atoms with Gasteiger partial charge in [0.15, 0.2) is 5.82 Å². The van der Waals surface area contributed by atoms with Gasteiger partial charge in [0.1, 0.15) is 0 Å². The number of aromatic nitrogens is 2. The van der Waals surface area contributed by atoms with Crippen molar-refractivity contribution in [3.63, 3.8) is 0 Å². The Labute approximate surface area is 109 Å². The fraction of sp³-hybridized carbons (Fsp3) is 0.846. The summed E-state index contributed by atoms with van der Waals surface area (Å²) in [6.07, 6.45) is 3.45. The zero-order valence-electron chi connectivity index (χ0n) is 11.6. The average Bonchev–Trinajstić information content (AvgIpc) is 2.87. The number of piperidine rings is 1. The van der Waals surface area contributed by atoms with Gasteiger partial charge in [-0.3, -0.25) is 0 Å². The minimum Gasteiger partial charge on any atom is -0.338 e. The van der Waals surface area contributed by atoms with Crippen molar-refractivity contribution in [2.75, 3.05) is 26.7 Å². The van der Waals surface area contributed by atoms with E-state index in [4.69, 9.17) is 4.52 Å². The number of hydrogen-bond donors (Lipinski definition) is 1. The number of nitrogens with one attached hydrogen (secondary N) is 1. The molecule has 1 atom stereocenters. The standard InChI is InChI=1S/C13H24N4O/c1-4-17-7-5-11(6-8-17)9-12-15-13(18-16-12)10(2)14-3/h10-11,14H,4-9H2,1-3H3. The molecule has 5 heteroatoms. The van der Waals surface area contributed by atoms with E-state index in [1.165, 1.54) is 32.5 Å². The first-order valence-corrected chi connectivity index (χ1v) is 6.95. The van der Waals surface area contributed by atoms with E-state index in [0.717, 1.165) is 12.2 Å². The Morgan fingerprint density at radius 3 is 2.78 bits per heavy atom. The van der Waals surface area contributed by atoms with E-state index < -0.39 is 0 Å². The van der Waals surface area contributed by atoms with Gasteiger partial charge >= 0.3 is 0 Å². The zero-order valence-corrected chi connectivity index (χ0v) is 11.6. The molecule has 5 nitrogen and oxygen atoms in total. The van der Waals surface area contributed by atoms with Gasteiger partial charge in [0.2, 0.25) is 5.89 Å². The van der Waals surface area contributed by atoms with Crippen LogP contribution in [0, 0.1) is 5.92 Å². The summed E-state index contributed by atoms with van der Waals surface area (Å²) < 4.78 is 5.27. The van der Waals surface area contributed by atoms with Crippen LogP contribution < -0.4 is 5.32 Å². The van der Waals surface area contributed by atoms with Gasteiger partial charge in [0.05, 0.1) is 6.04 Å². The van der Waals surface area contributed by atoms with Crippen molar-refractivity contribution in [2.45, 2.75) is 39.2 Å². The van der Waals surface area contributed by atoms with E-state index in [1.807, 2.05) is 14.0 Å². The monoisotopic (exact) mass is 252 g/mol. The van der Waals surface area contributed by atoms with Crippen LogP contribution in [0.2, 0.25) is 0 Å². The highest BCUT2D eigenvalue weighted by molar-refractivity contribution is 4.93. The average molecular weight is 252 g/mol. The normalized spacial score (nSPS) is 20.2. The lowest BCUT2D eigenvalue weighted by atomic mass is 9.93.